The summed E-state index contributed by atoms with van der Waals surface area (Å²) in [5.41, 5.74) is 6.21. The van der Waals surface area contributed by atoms with Gasteiger partial charge in [0.05, 0.1) is 11.4 Å². The van der Waals surface area contributed by atoms with Gasteiger partial charge >= 0.3 is 0 Å². The zero-order chi connectivity index (χ0) is 16.2. The van der Waals surface area contributed by atoms with Crippen molar-refractivity contribution in [3.63, 3.8) is 0 Å². The molecule has 0 aromatic carbocycles. The molecule has 0 bridgehead atoms. The van der Waals surface area contributed by atoms with Gasteiger partial charge in [0.25, 0.3) is 0 Å². The van der Waals surface area contributed by atoms with Gasteiger partial charge in [0.15, 0.2) is 0 Å². The molecule has 134 valence electrons. The molecule has 0 aliphatic heterocycles. The number of rotatable bonds is 4. The van der Waals surface area contributed by atoms with Crippen LogP contribution in [0.4, 0.5) is 0 Å². The maximum absolute atomic E-state index is 10.2. The Hall–Kier alpha value is -1.11. The van der Waals surface area contributed by atoms with Crippen LogP contribution in [0.2, 0.25) is 0 Å². The summed E-state index contributed by atoms with van der Waals surface area (Å²) in [4.78, 5) is 20.4. The molecule has 23 heavy (non-hydrogen) atoms. The van der Waals surface area contributed by atoms with Crippen LogP contribution in [-0.2, 0) is 21.1 Å². The van der Waals surface area contributed by atoms with E-state index in [9.17, 15) is 9.81 Å². The fourth-order valence-electron chi connectivity index (χ4n) is 2.57. The topological polar surface area (TPSA) is 123 Å². The molecule has 8 nitrogen and oxygen atoms in total. The third-order valence-corrected chi connectivity index (χ3v) is 3.87. The fourth-order valence-corrected chi connectivity index (χ4v) is 2.57. The second-order valence-corrected chi connectivity index (χ2v) is 5.38. The number of hydrogen-bond acceptors (Lipinski definition) is 8. The van der Waals surface area contributed by atoms with Crippen LogP contribution in [0.15, 0.2) is 33.1 Å². The number of hydroxylamine groups is 2. The second-order valence-electron chi connectivity index (χ2n) is 5.38. The Morgan fingerprint density at radius 3 is 1.30 bits per heavy atom. The molecule has 0 atom stereocenters. The molecule has 2 rings (SSSR count). The van der Waals surface area contributed by atoms with Crippen LogP contribution in [0, 0.1) is 9.81 Å². The summed E-state index contributed by atoms with van der Waals surface area (Å²) in [6, 6.07) is 0. The van der Waals surface area contributed by atoms with Gasteiger partial charge < -0.3 is 0 Å². The first-order valence-electron chi connectivity index (χ1n) is 7.67. The molecule has 0 heterocycles. The normalized spacial score (nSPS) is 18.5. The van der Waals surface area contributed by atoms with Crippen LogP contribution in [0.1, 0.15) is 64.2 Å². The van der Waals surface area contributed by atoms with Gasteiger partial charge in [0.1, 0.15) is 11.4 Å². The van der Waals surface area contributed by atoms with E-state index < -0.39 is 0 Å². The minimum absolute atomic E-state index is 0. The molecule has 4 N–H and O–H groups in total. The number of nitrogens with one attached hydrogen (secondary N) is 2. The average molecular weight is 507 g/mol. The first-order chi connectivity index (χ1) is 10.8. The van der Waals surface area contributed by atoms with E-state index in [4.69, 9.17) is 10.4 Å². The average Bonchev–Trinajstić information content (AvgIpc) is 2.94. The molecule has 2 aliphatic carbocycles. The molecule has 0 saturated carbocycles. The molecular formula is C14H24N4O4Pt. The zero-order valence-corrected chi connectivity index (χ0v) is 15.3. The van der Waals surface area contributed by atoms with E-state index in [-0.39, 0.29) is 21.1 Å². The summed E-state index contributed by atoms with van der Waals surface area (Å²) in [5, 5.41) is 23.0. The predicted octanol–water partition coefficient (Wildman–Crippen LogP) is 3.81. The van der Waals surface area contributed by atoms with Crippen LogP contribution >= 0.6 is 0 Å². The smallest absolute Gasteiger partial charge is 0.106 e. The molecule has 2 aliphatic rings. The summed E-state index contributed by atoms with van der Waals surface area (Å²) in [6.07, 6.45) is 9.06. The minimum atomic E-state index is 0. The van der Waals surface area contributed by atoms with E-state index in [0.717, 1.165) is 51.4 Å². The van der Waals surface area contributed by atoms with Crippen molar-refractivity contribution in [2.75, 3.05) is 0 Å². The molecule has 0 fully saturated rings. The Morgan fingerprint density at radius 1 is 0.652 bits per heavy atom. The van der Waals surface area contributed by atoms with Crippen molar-refractivity contribution in [1.82, 2.24) is 11.0 Å². The second kappa shape index (κ2) is 13.3. The zero-order valence-electron chi connectivity index (χ0n) is 13.0. The largest absolute Gasteiger partial charge is 0.291 e. The molecule has 9 heteroatoms. The van der Waals surface area contributed by atoms with Crippen LogP contribution < -0.4 is 11.0 Å². The monoisotopic (exact) mass is 507 g/mol. The van der Waals surface area contributed by atoms with E-state index >= 15 is 0 Å². The predicted molar refractivity (Wildman–Crippen MR) is 81.7 cm³/mol. The third-order valence-electron chi connectivity index (χ3n) is 3.87. The molecule has 0 aromatic rings. The Labute approximate surface area is 149 Å². The number of hydrogen-bond donors (Lipinski definition) is 4. The summed E-state index contributed by atoms with van der Waals surface area (Å²) >= 11 is 0. The first-order valence-corrected chi connectivity index (χ1v) is 7.67. The number of allylic oxidation sites excluding steroid dienone is 4. The van der Waals surface area contributed by atoms with Crippen molar-refractivity contribution in [2.45, 2.75) is 64.2 Å². The molecule has 0 amide bonds. The van der Waals surface area contributed by atoms with Crippen molar-refractivity contribution in [3.05, 3.63) is 32.6 Å². The van der Waals surface area contributed by atoms with Gasteiger partial charge in [-0.25, -0.2) is 0 Å². The van der Waals surface area contributed by atoms with Crippen LogP contribution in [-0.4, -0.2) is 10.4 Å². The van der Waals surface area contributed by atoms with E-state index in [1.807, 2.05) is 11.0 Å². The van der Waals surface area contributed by atoms with Gasteiger partial charge in [-0.2, -0.15) is 0 Å². The van der Waals surface area contributed by atoms with Crippen LogP contribution in [0.5, 0.6) is 0 Å². The maximum Gasteiger partial charge on any atom is 0.106 e. The van der Waals surface area contributed by atoms with Crippen molar-refractivity contribution in [2.24, 2.45) is 10.4 Å². The molecule has 0 unspecified atom stereocenters. The van der Waals surface area contributed by atoms with Crippen LogP contribution in [0.25, 0.3) is 0 Å². The fraction of sp³-hybridized carbons (Fsp3) is 0.714. The Bertz CT molecular complexity index is 400. The Morgan fingerprint density at radius 2 is 1.00 bits per heavy atom. The molecule has 0 saturated heterocycles. The van der Waals surface area contributed by atoms with Crippen molar-refractivity contribution < 1.29 is 31.5 Å². The van der Waals surface area contributed by atoms with E-state index in [2.05, 4.69) is 10.4 Å². The summed E-state index contributed by atoms with van der Waals surface area (Å²) in [6.45, 7) is 0. The van der Waals surface area contributed by atoms with Gasteiger partial charge in [-0.05, 0) is 61.7 Å². The molecule has 0 radical (unpaired) electrons. The maximum atomic E-state index is 10.2. The van der Waals surface area contributed by atoms with E-state index in [1.54, 1.807) is 0 Å². The number of nitroso groups, excluding NO2 is 2. The first kappa shape index (κ1) is 21.9. The van der Waals surface area contributed by atoms with Crippen molar-refractivity contribution in [3.8, 4) is 0 Å². The van der Waals surface area contributed by atoms with E-state index in [0.29, 0.717) is 35.6 Å². The van der Waals surface area contributed by atoms with Crippen molar-refractivity contribution in [1.29, 1.82) is 0 Å². The molecular weight excluding hydrogens is 483 g/mol. The number of nitrogens with zero attached hydrogens (tertiary/aromatic N) is 2. The Balaban J connectivity index is 0.000000403. The third kappa shape index (κ3) is 7.81. The minimum Gasteiger partial charge on any atom is -0.291 e. The summed E-state index contributed by atoms with van der Waals surface area (Å²) in [7, 11) is 0. The van der Waals surface area contributed by atoms with Gasteiger partial charge in [0, 0.05) is 21.1 Å². The SMILES string of the molecule is O=NC1=C(NO)CCCCC1.O=NC1=C(NO)CCCCC1.[Pt]. The Kier molecular flexibility index (Phi) is 12.7. The van der Waals surface area contributed by atoms with Gasteiger partial charge in [-0.3, -0.25) is 21.4 Å². The molecule has 0 spiro atoms. The van der Waals surface area contributed by atoms with E-state index in [1.165, 1.54) is 0 Å². The molecule has 0 aromatic heterocycles. The quantitative estimate of drug-likeness (QED) is 0.339. The van der Waals surface area contributed by atoms with Crippen molar-refractivity contribution >= 4 is 0 Å². The standard InChI is InChI=1S/2C7H12N2O2.Pt/c2*10-8-6-4-2-1-3-5-7(6)9-11;/h2*8,10H,1-5H2;. The van der Waals surface area contributed by atoms with Crippen LogP contribution in [0.3, 0.4) is 0 Å². The van der Waals surface area contributed by atoms with Gasteiger partial charge in [-0.15, -0.1) is 9.81 Å². The van der Waals surface area contributed by atoms with Gasteiger partial charge in [0.2, 0.25) is 0 Å². The van der Waals surface area contributed by atoms with Gasteiger partial charge in [-0.1, -0.05) is 12.8 Å². The summed E-state index contributed by atoms with van der Waals surface area (Å²) in [5.74, 6) is 0. The summed E-state index contributed by atoms with van der Waals surface area (Å²) < 4.78 is 0.